The molecule has 0 saturated heterocycles. The van der Waals surface area contributed by atoms with E-state index in [1.54, 1.807) is 0 Å². The average molecular weight is 511 g/mol. The van der Waals surface area contributed by atoms with E-state index in [1.807, 2.05) is 75.4 Å². The summed E-state index contributed by atoms with van der Waals surface area (Å²) in [7, 11) is 0. The summed E-state index contributed by atoms with van der Waals surface area (Å²) < 4.78 is 11.0. The molecule has 0 aliphatic heterocycles. The number of hydrogen-bond acceptors (Lipinski definition) is 6. The van der Waals surface area contributed by atoms with Gasteiger partial charge < -0.3 is 19.7 Å². The van der Waals surface area contributed by atoms with Gasteiger partial charge in [-0.2, -0.15) is 0 Å². The first kappa shape index (κ1) is 25.7. The van der Waals surface area contributed by atoms with E-state index in [0.717, 1.165) is 52.0 Å². The van der Waals surface area contributed by atoms with E-state index in [4.69, 9.17) is 9.26 Å². The first-order valence-electron chi connectivity index (χ1n) is 13.2. The Morgan fingerprint density at radius 1 is 1.00 bits per heavy atom. The van der Waals surface area contributed by atoms with Crippen LogP contribution in [0.1, 0.15) is 43.5 Å². The fraction of sp³-hybridized carbons (Fsp3) is 0.312. The number of aliphatic hydroxyl groups is 1. The molecule has 1 fully saturated rings. The minimum atomic E-state index is -0.566. The molecule has 0 radical (unpaired) electrons. The third-order valence-electron chi connectivity index (χ3n) is 7.43. The van der Waals surface area contributed by atoms with E-state index in [0.29, 0.717) is 18.8 Å². The quantitative estimate of drug-likeness (QED) is 0.243. The largest absolute Gasteiger partial charge is 0.465 e. The van der Waals surface area contributed by atoms with Gasteiger partial charge in [0, 0.05) is 18.0 Å². The molecule has 0 spiro atoms. The highest BCUT2D eigenvalue weighted by atomic mass is 16.5. The topological polar surface area (TPSA) is 84.6 Å². The highest BCUT2D eigenvalue weighted by molar-refractivity contribution is 5.87. The van der Waals surface area contributed by atoms with E-state index in [1.165, 1.54) is 0 Å². The minimum absolute atomic E-state index is 0.120. The SMILES string of the molecule is CCOC(=O)C1(c2ccc(-c3ccc(-c4onc(C)c4NC(C)C(O)Cc4ccccc4)cc3)cc2)CC1. The number of aryl methyl sites for hydroxylation is 1. The Balaban J connectivity index is 1.29. The van der Waals surface area contributed by atoms with Gasteiger partial charge in [0.1, 0.15) is 11.4 Å². The molecule has 0 amide bonds. The van der Waals surface area contributed by atoms with Gasteiger partial charge in [-0.05, 0) is 55.9 Å². The van der Waals surface area contributed by atoms with E-state index in [2.05, 4.69) is 34.7 Å². The Hall–Kier alpha value is -3.90. The Bertz CT molecular complexity index is 1370. The molecular formula is C32H34N2O4. The lowest BCUT2D eigenvalue weighted by Crippen LogP contribution is -2.32. The number of benzene rings is 3. The zero-order valence-electron chi connectivity index (χ0n) is 22.1. The third kappa shape index (κ3) is 5.22. The van der Waals surface area contributed by atoms with Crippen LogP contribution in [-0.4, -0.2) is 35.0 Å². The molecule has 6 nitrogen and oxygen atoms in total. The van der Waals surface area contributed by atoms with Crippen LogP contribution in [0.3, 0.4) is 0 Å². The summed E-state index contributed by atoms with van der Waals surface area (Å²) in [6.07, 6.45) is 1.68. The van der Waals surface area contributed by atoms with Crippen LogP contribution in [0, 0.1) is 6.92 Å². The highest BCUT2D eigenvalue weighted by Gasteiger charge is 2.52. The van der Waals surface area contributed by atoms with Crippen molar-refractivity contribution in [2.45, 2.75) is 57.6 Å². The van der Waals surface area contributed by atoms with E-state index in [9.17, 15) is 9.90 Å². The van der Waals surface area contributed by atoms with Crippen molar-refractivity contribution >= 4 is 11.7 Å². The number of nitrogens with zero attached hydrogens (tertiary/aromatic N) is 1. The molecular weight excluding hydrogens is 476 g/mol. The Morgan fingerprint density at radius 3 is 2.21 bits per heavy atom. The van der Waals surface area contributed by atoms with Crippen molar-refractivity contribution in [3.63, 3.8) is 0 Å². The van der Waals surface area contributed by atoms with Crippen molar-refractivity contribution in [1.82, 2.24) is 5.16 Å². The van der Waals surface area contributed by atoms with E-state index < -0.39 is 11.5 Å². The van der Waals surface area contributed by atoms with Crippen molar-refractivity contribution in [2.75, 3.05) is 11.9 Å². The van der Waals surface area contributed by atoms with Gasteiger partial charge >= 0.3 is 5.97 Å². The third-order valence-corrected chi connectivity index (χ3v) is 7.43. The Labute approximate surface area is 223 Å². The molecule has 6 heteroatoms. The maximum absolute atomic E-state index is 12.4. The number of aliphatic hydroxyl groups excluding tert-OH is 1. The number of nitrogens with one attached hydrogen (secondary N) is 1. The van der Waals surface area contributed by atoms with Gasteiger partial charge in [-0.15, -0.1) is 0 Å². The molecule has 196 valence electrons. The minimum Gasteiger partial charge on any atom is -0.465 e. The zero-order chi connectivity index (χ0) is 26.7. The van der Waals surface area contributed by atoms with Crippen LogP contribution in [0.2, 0.25) is 0 Å². The summed E-state index contributed by atoms with van der Waals surface area (Å²) in [4.78, 5) is 12.4. The number of esters is 1. The van der Waals surface area contributed by atoms with Crippen LogP contribution in [0.25, 0.3) is 22.5 Å². The molecule has 1 heterocycles. The van der Waals surface area contributed by atoms with Gasteiger partial charge in [-0.25, -0.2) is 0 Å². The highest BCUT2D eigenvalue weighted by Crippen LogP contribution is 2.49. The lowest BCUT2D eigenvalue weighted by molar-refractivity contribution is -0.146. The zero-order valence-corrected chi connectivity index (χ0v) is 22.1. The first-order valence-corrected chi connectivity index (χ1v) is 13.2. The number of ether oxygens (including phenoxy) is 1. The lowest BCUT2D eigenvalue weighted by atomic mass is 9.93. The number of hydrogen-bond donors (Lipinski definition) is 2. The fourth-order valence-corrected chi connectivity index (χ4v) is 4.89. The molecule has 1 aliphatic rings. The lowest BCUT2D eigenvalue weighted by Gasteiger charge is -2.21. The smallest absolute Gasteiger partial charge is 0.316 e. The molecule has 2 N–H and O–H groups in total. The molecule has 5 rings (SSSR count). The predicted octanol–water partition coefficient (Wildman–Crippen LogP) is 6.32. The molecule has 2 unspecified atom stereocenters. The van der Waals surface area contributed by atoms with Crippen LogP contribution in [0.15, 0.2) is 83.4 Å². The first-order chi connectivity index (χ1) is 18.4. The van der Waals surface area contributed by atoms with Gasteiger partial charge in [0.25, 0.3) is 0 Å². The summed E-state index contributed by atoms with van der Waals surface area (Å²) in [6.45, 7) is 6.10. The van der Waals surface area contributed by atoms with Crippen molar-refractivity contribution in [1.29, 1.82) is 0 Å². The van der Waals surface area contributed by atoms with Gasteiger partial charge in [0.2, 0.25) is 0 Å². The summed E-state index contributed by atoms with van der Waals surface area (Å²) in [5.41, 5.74) is 6.23. The second-order valence-corrected chi connectivity index (χ2v) is 10.1. The molecule has 4 aromatic rings. The summed E-state index contributed by atoms with van der Waals surface area (Å²) >= 11 is 0. The normalized spacial score (nSPS) is 15.5. The molecule has 1 aliphatic carbocycles. The van der Waals surface area contributed by atoms with Gasteiger partial charge in [0.05, 0.1) is 18.1 Å². The second-order valence-electron chi connectivity index (χ2n) is 10.1. The van der Waals surface area contributed by atoms with E-state index in [-0.39, 0.29) is 12.0 Å². The Morgan fingerprint density at radius 2 is 1.61 bits per heavy atom. The van der Waals surface area contributed by atoms with Crippen molar-refractivity contribution in [3.8, 4) is 22.5 Å². The summed E-state index contributed by atoms with van der Waals surface area (Å²) in [5.74, 6) is 0.527. The summed E-state index contributed by atoms with van der Waals surface area (Å²) in [6, 6.07) is 26.1. The predicted molar refractivity (Wildman–Crippen MR) is 149 cm³/mol. The second kappa shape index (κ2) is 10.8. The molecule has 1 saturated carbocycles. The molecule has 2 atom stereocenters. The van der Waals surface area contributed by atoms with Crippen LogP contribution >= 0.6 is 0 Å². The molecule has 0 bridgehead atoms. The average Bonchev–Trinajstić information content (AvgIpc) is 3.68. The van der Waals surface area contributed by atoms with E-state index >= 15 is 0 Å². The number of anilines is 1. The molecule has 3 aromatic carbocycles. The van der Waals surface area contributed by atoms with Crippen molar-refractivity contribution in [2.24, 2.45) is 0 Å². The van der Waals surface area contributed by atoms with Crippen LogP contribution < -0.4 is 5.32 Å². The van der Waals surface area contributed by atoms with Crippen LogP contribution in [0.5, 0.6) is 0 Å². The molecule has 38 heavy (non-hydrogen) atoms. The van der Waals surface area contributed by atoms with Crippen molar-refractivity contribution < 1.29 is 19.2 Å². The van der Waals surface area contributed by atoms with Crippen LogP contribution in [0.4, 0.5) is 5.69 Å². The monoisotopic (exact) mass is 510 g/mol. The number of rotatable bonds is 10. The number of carbonyl (C=O) groups excluding carboxylic acids is 1. The van der Waals surface area contributed by atoms with Crippen molar-refractivity contribution in [3.05, 3.63) is 95.7 Å². The van der Waals surface area contributed by atoms with Crippen LogP contribution in [-0.2, 0) is 21.4 Å². The van der Waals surface area contributed by atoms with Gasteiger partial charge in [-0.1, -0.05) is 84.0 Å². The number of carbonyl (C=O) groups is 1. The standard InChI is InChI=1S/C32H34N2O4/c1-4-37-31(36)32(18-19-32)27-16-14-25(15-17-27)24-10-12-26(13-11-24)30-29(22(3)34-38-30)33-21(2)28(35)20-23-8-6-5-7-9-23/h5-17,21,28,33,35H,4,18-20H2,1-3H3. The van der Waals surface area contributed by atoms with Gasteiger partial charge in [0.15, 0.2) is 5.76 Å². The maximum atomic E-state index is 12.4. The fourth-order valence-electron chi connectivity index (χ4n) is 4.89. The Kier molecular flexibility index (Phi) is 7.34. The molecule has 1 aromatic heterocycles. The number of aromatic nitrogens is 1. The van der Waals surface area contributed by atoms with Gasteiger partial charge in [-0.3, -0.25) is 4.79 Å². The maximum Gasteiger partial charge on any atom is 0.316 e. The summed E-state index contributed by atoms with van der Waals surface area (Å²) in [5, 5.41) is 18.4.